The molecule has 0 N–H and O–H groups in total. The molecule has 0 aliphatic carbocycles. The van der Waals surface area contributed by atoms with E-state index in [-0.39, 0.29) is 5.91 Å². The quantitative estimate of drug-likeness (QED) is 0.483. The molecule has 0 saturated carbocycles. The van der Waals surface area contributed by atoms with Gasteiger partial charge in [0.1, 0.15) is 18.1 Å². The van der Waals surface area contributed by atoms with Gasteiger partial charge in [-0.05, 0) is 68.5 Å². The summed E-state index contributed by atoms with van der Waals surface area (Å²) >= 11 is 0. The molecule has 0 radical (unpaired) electrons. The molecule has 174 valence electrons. The minimum absolute atomic E-state index is 0.0968. The molecule has 1 aliphatic heterocycles. The number of amides is 1. The van der Waals surface area contributed by atoms with Gasteiger partial charge in [0.2, 0.25) is 5.91 Å². The maximum Gasteiger partial charge on any atom is 0.227 e. The van der Waals surface area contributed by atoms with Crippen LogP contribution in [0.3, 0.4) is 0 Å². The fraction of sp³-hybridized carbons (Fsp3) is 0.407. The number of hydrogen-bond donors (Lipinski definition) is 0. The summed E-state index contributed by atoms with van der Waals surface area (Å²) in [7, 11) is 1.86. The number of ether oxygens (including phenoxy) is 1. The number of aryl methyl sites for hydroxylation is 2. The van der Waals surface area contributed by atoms with Crippen LogP contribution >= 0.6 is 0 Å². The van der Waals surface area contributed by atoms with Crippen LogP contribution in [0.4, 0.5) is 5.69 Å². The smallest absolute Gasteiger partial charge is 0.227 e. The SMILES string of the molecule is Cc1noc(C)c1COc1ccc(CC(=O)N(C)Cc2ccc(N3CCCCC3)cc2)cc1. The predicted molar refractivity (Wildman–Crippen MR) is 129 cm³/mol. The third kappa shape index (κ3) is 5.95. The van der Waals surface area contributed by atoms with E-state index < -0.39 is 0 Å². The van der Waals surface area contributed by atoms with E-state index in [0.29, 0.717) is 19.6 Å². The summed E-state index contributed by atoms with van der Waals surface area (Å²) in [5, 5.41) is 3.95. The van der Waals surface area contributed by atoms with Crippen molar-refractivity contribution < 1.29 is 14.1 Å². The van der Waals surface area contributed by atoms with Crippen LogP contribution < -0.4 is 9.64 Å². The fourth-order valence-electron chi connectivity index (χ4n) is 4.20. The topological polar surface area (TPSA) is 58.8 Å². The summed E-state index contributed by atoms with van der Waals surface area (Å²) < 4.78 is 11.0. The van der Waals surface area contributed by atoms with Gasteiger partial charge in [0.25, 0.3) is 0 Å². The second-order valence-corrected chi connectivity index (χ2v) is 8.88. The zero-order valence-electron chi connectivity index (χ0n) is 19.8. The molecular formula is C27H33N3O3. The Morgan fingerprint density at radius 2 is 1.67 bits per heavy atom. The highest BCUT2D eigenvalue weighted by atomic mass is 16.5. The van der Waals surface area contributed by atoms with Gasteiger partial charge in [0.15, 0.2) is 0 Å². The molecular weight excluding hydrogens is 414 g/mol. The lowest BCUT2D eigenvalue weighted by Crippen LogP contribution is -2.29. The van der Waals surface area contributed by atoms with Crippen LogP contribution in [0.2, 0.25) is 0 Å². The molecule has 4 rings (SSSR count). The molecule has 0 spiro atoms. The maximum absolute atomic E-state index is 12.7. The second kappa shape index (κ2) is 10.6. The molecule has 3 aromatic rings. The van der Waals surface area contributed by atoms with Crippen molar-refractivity contribution in [1.82, 2.24) is 10.1 Å². The summed E-state index contributed by atoms with van der Waals surface area (Å²) in [6.45, 7) is 7.09. The summed E-state index contributed by atoms with van der Waals surface area (Å²) in [5.41, 5.74) is 5.22. The van der Waals surface area contributed by atoms with Crippen LogP contribution in [-0.4, -0.2) is 36.1 Å². The molecule has 0 unspecified atom stereocenters. The highest BCUT2D eigenvalue weighted by molar-refractivity contribution is 5.78. The van der Waals surface area contributed by atoms with Gasteiger partial charge < -0.3 is 19.1 Å². The zero-order valence-corrected chi connectivity index (χ0v) is 19.8. The van der Waals surface area contributed by atoms with Crippen LogP contribution in [0.25, 0.3) is 0 Å². The molecule has 1 saturated heterocycles. The molecule has 2 aromatic carbocycles. The molecule has 1 aliphatic rings. The van der Waals surface area contributed by atoms with E-state index in [1.54, 1.807) is 4.90 Å². The van der Waals surface area contributed by atoms with Crippen molar-refractivity contribution in [1.29, 1.82) is 0 Å². The van der Waals surface area contributed by atoms with Crippen molar-refractivity contribution in [3.05, 3.63) is 76.7 Å². The van der Waals surface area contributed by atoms with Gasteiger partial charge in [-0.3, -0.25) is 4.79 Å². The Bertz CT molecular complexity index is 1030. The number of nitrogens with zero attached hydrogens (tertiary/aromatic N) is 3. The number of hydrogen-bond acceptors (Lipinski definition) is 5. The first-order valence-corrected chi connectivity index (χ1v) is 11.7. The van der Waals surface area contributed by atoms with E-state index in [1.807, 2.05) is 45.2 Å². The molecule has 0 atom stereocenters. The van der Waals surface area contributed by atoms with Gasteiger partial charge in [0.05, 0.1) is 17.7 Å². The third-order valence-corrected chi connectivity index (χ3v) is 6.35. The third-order valence-electron chi connectivity index (χ3n) is 6.35. The lowest BCUT2D eigenvalue weighted by atomic mass is 10.1. The highest BCUT2D eigenvalue weighted by Crippen LogP contribution is 2.21. The van der Waals surface area contributed by atoms with E-state index in [4.69, 9.17) is 9.26 Å². The van der Waals surface area contributed by atoms with Crippen LogP contribution in [0.15, 0.2) is 53.1 Å². The lowest BCUT2D eigenvalue weighted by molar-refractivity contribution is -0.129. The largest absolute Gasteiger partial charge is 0.489 e. The Morgan fingerprint density at radius 3 is 2.30 bits per heavy atom. The van der Waals surface area contributed by atoms with Crippen molar-refractivity contribution in [2.75, 3.05) is 25.0 Å². The molecule has 33 heavy (non-hydrogen) atoms. The number of rotatable bonds is 8. The molecule has 1 aromatic heterocycles. The minimum Gasteiger partial charge on any atom is -0.489 e. The lowest BCUT2D eigenvalue weighted by Gasteiger charge is -2.29. The number of aromatic nitrogens is 1. The van der Waals surface area contributed by atoms with Gasteiger partial charge >= 0.3 is 0 Å². The fourth-order valence-corrected chi connectivity index (χ4v) is 4.20. The summed E-state index contributed by atoms with van der Waals surface area (Å²) in [6.07, 6.45) is 4.24. The average Bonchev–Trinajstić information content (AvgIpc) is 3.16. The minimum atomic E-state index is 0.0968. The number of piperidine rings is 1. The Hall–Kier alpha value is -3.28. The Balaban J connectivity index is 1.26. The van der Waals surface area contributed by atoms with Crippen LogP contribution in [0.1, 0.15) is 47.4 Å². The highest BCUT2D eigenvalue weighted by Gasteiger charge is 2.14. The molecule has 2 heterocycles. The molecule has 1 amide bonds. The van der Waals surface area contributed by atoms with E-state index in [1.165, 1.54) is 24.9 Å². The van der Waals surface area contributed by atoms with E-state index in [0.717, 1.165) is 47.0 Å². The molecule has 0 bridgehead atoms. The summed E-state index contributed by atoms with van der Waals surface area (Å²) in [5.74, 6) is 1.63. The number of carbonyl (C=O) groups is 1. The number of anilines is 1. The van der Waals surface area contributed by atoms with Crippen molar-refractivity contribution in [3.8, 4) is 5.75 Å². The van der Waals surface area contributed by atoms with Gasteiger partial charge in [-0.2, -0.15) is 0 Å². The van der Waals surface area contributed by atoms with Crippen molar-refractivity contribution in [2.45, 2.75) is 52.7 Å². The second-order valence-electron chi connectivity index (χ2n) is 8.88. The van der Waals surface area contributed by atoms with Crippen molar-refractivity contribution >= 4 is 11.6 Å². The molecule has 1 fully saturated rings. The zero-order chi connectivity index (χ0) is 23.2. The number of carbonyl (C=O) groups excluding carboxylic acids is 1. The van der Waals surface area contributed by atoms with Gasteiger partial charge in [-0.25, -0.2) is 0 Å². The van der Waals surface area contributed by atoms with Gasteiger partial charge in [-0.1, -0.05) is 29.4 Å². The Labute approximate surface area is 196 Å². The van der Waals surface area contributed by atoms with E-state index in [9.17, 15) is 4.79 Å². The maximum atomic E-state index is 12.7. The normalized spacial score (nSPS) is 13.7. The van der Waals surface area contributed by atoms with E-state index in [2.05, 4.69) is 34.3 Å². The van der Waals surface area contributed by atoms with Crippen LogP contribution in [0, 0.1) is 13.8 Å². The van der Waals surface area contributed by atoms with Crippen LogP contribution in [0.5, 0.6) is 5.75 Å². The summed E-state index contributed by atoms with van der Waals surface area (Å²) in [6, 6.07) is 16.3. The van der Waals surface area contributed by atoms with Crippen LogP contribution in [-0.2, 0) is 24.4 Å². The van der Waals surface area contributed by atoms with Gasteiger partial charge in [-0.15, -0.1) is 0 Å². The van der Waals surface area contributed by atoms with E-state index >= 15 is 0 Å². The Kier molecular flexibility index (Phi) is 7.33. The standard InChI is InChI=1S/C27H33N3O3/c1-20-26(21(2)33-28-20)19-32-25-13-9-22(10-14-25)17-27(31)29(3)18-23-7-11-24(12-8-23)30-15-5-4-6-16-30/h7-14H,4-6,15-19H2,1-3H3. The monoisotopic (exact) mass is 447 g/mol. The predicted octanol–water partition coefficient (Wildman–Crippen LogP) is 5.06. The van der Waals surface area contributed by atoms with Crippen molar-refractivity contribution in [2.24, 2.45) is 0 Å². The Morgan fingerprint density at radius 1 is 1.00 bits per heavy atom. The molecule has 6 nitrogen and oxygen atoms in total. The molecule has 6 heteroatoms. The van der Waals surface area contributed by atoms with Gasteiger partial charge in [0, 0.05) is 32.4 Å². The number of likely N-dealkylation sites (N-methyl/N-ethyl adjacent to an activating group) is 1. The first-order valence-electron chi connectivity index (χ1n) is 11.7. The van der Waals surface area contributed by atoms with Crippen molar-refractivity contribution in [3.63, 3.8) is 0 Å². The number of benzene rings is 2. The summed E-state index contributed by atoms with van der Waals surface area (Å²) in [4.78, 5) is 17.0. The average molecular weight is 448 g/mol. The first-order chi connectivity index (χ1) is 16.0. The first kappa shape index (κ1) is 22.9.